The van der Waals surface area contributed by atoms with Crippen LogP contribution in [0.4, 0.5) is 0 Å². The van der Waals surface area contributed by atoms with Gasteiger partial charge in [-0.25, -0.2) is 15.0 Å². The zero-order chi connectivity index (χ0) is 43.2. The van der Waals surface area contributed by atoms with Crippen LogP contribution in [0.5, 0.6) is 0 Å². The van der Waals surface area contributed by atoms with Gasteiger partial charge in [-0.2, -0.15) is 0 Å². The molecule has 0 spiro atoms. The van der Waals surface area contributed by atoms with Gasteiger partial charge in [-0.1, -0.05) is 178 Å². The third-order valence-electron chi connectivity index (χ3n) is 13.5. The first-order valence-electron chi connectivity index (χ1n) is 22.2. The molecule has 0 aliphatic heterocycles. The van der Waals surface area contributed by atoms with Crippen molar-refractivity contribution in [3.8, 4) is 73.2 Å². The number of hydrogen-bond acceptors (Lipinski definition) is 4. The van der Waals surface area contributed by atoms with Crippen molar-refractivity contribution < 1.29 is 4.42 Å². The average Bonchev–Trinajstić information content (AvgIpc) is 3.99. The summed E-state index contributed by atoms with van der Waals surface area (Å²) in [4.78, 5) is 15.6. The fraction of sp³-hybridized carbons (Fsp3) is 0.0500. The van der Waals surface area contributed by atoms with Crippen molar-refractivity contribution in [3.05, 3.63) is 217 Å². The summed E-state index contributed by atoms with van der Waals surface area (Å²) in [5.74, 6) is 1.82. The van der Waals surface area contributed by atoms with Crippen LogP contribution in [0.25, 0.3) is 117 Å². The molecule has 0 unspecified atom stereocenters. The molecule has 5 heteroatoms. The highest BCUT2D eigenvalue weighted by Gasteiger charge is 2.36. The Morgan fingerprint density at radius 3 is 1.77 bits per heavy atom. The Morgan fingerprint density at radius 1 is 0.369 bits per heavy atom. The van der Waals surface area contributed by atoms with Crippen molar-refractivity contribution in [1.82, 2.24) is 19.5 Å². The van der Waals surface area contributed by atoms with Gasteiger partial charge >= 0.3 is 0 Å². The van der Waals surface area contributed by atoms with Crippen LogP contribution in [0.3, 0.4) is 0 Å². The van der Waals surface area contributed by atoms with Gasteiger partial charge in [0.1, 0.15) is 11.2 Å². The first-order valence-corrected chi connectivity index (χ1v) is 22.2. The molecule has 0 saturated carbocycles. The quantitative estimate of drug-likeness (QED) is 0.167. The number of benzene rings is 9. The minimum Gasteiger partial charge on any atom is -0.455 e. The van der Waals surface area contributed by atoms with Crippen molar-refractivity contribution in [3.63, 3.8) is 0 Å². The Balaban J connectivity index is 0.980. The number of nitrogens with zero attached hydrogens (tertiary/aromatic N) is 4. The van der Waals surface area contributed by atoms with E-state index in [9.17, 15) is 0 Å². The lowest BCUT2D eigenvalue weighted by atomic mass is 9.82. The van der Waals surface area contributed by atoms with Gasteiger partial charge in [0.05, 0.1) is 11.0 Å². The van der Waals surface area contributed by atoms with E-state index in [1.807, 2.05) is 30.3 Å². The number of hydrogen-bond donors (Lipinski definition) is 0. The van der Waals surface area contributed by atoms with Crippen LogP contribution in [0.15, 0.2) is 211 Å². The summed E-state index contributed by atoms with van der Waals surface area (Å²) in [5.41, 5.74) is 17.4. The smallest absolute Gasteiger partial charge is 0.164 e. The zero-order valence-corrected chi connectivity index (χ0v) is 35.8. The molecule has 0 radical (unpaired) electrons. The highest BCUT2D eigenvalue weighted by Crippen LogP contribution is 2.51. The van der Waals surface area contributed by atoms with Gasteiger partial charge in [0.15, 0.2) is 17.5 Å². The molecule has 3 heterocycles. The third-order valence-corrected chi connectivity index (χ3v) is 13.5. The topological polar surface area (TPSA) is 56.7 Å². The SMILES string of the molecule is CC1(C)c2ccccc2-c2cc3c4ccccc4n(-c4ccc(-c5nc(-c6ccccc6)nc(-c6ccc(-c7cccc8c7oc7ccccc78)cc6)n5)c(-c5ccccc5)c4)c3cc21. The van der Waals surface area contributed by atoms with Gasteiger partial charge in [-0.05, 0) is 81.4 Å². The molecule has 0 atom stereocenters. The summed E-state index contributed by atoms with van der Waals surface area (Å²) in [6.45, 7) is 4.70. The Morgan fingerprint density at radius 2 is 0.969 bits per heavy atom. The molecular formula is C60H40N4O. The normalized spacial score (nSPS) is 12.9. The van der Waals surface area contributed by atoms with Gasteiger partial charge in [-0.15, -0.1) is 0 Å². The molecule has 0 amide bonds. The lowest BCUT2D eigenvalue weighted by molar-refractivity contribution is 0.661. The Labute approximate surface area is 376 Å². The first-order chi connectivity index (χ1) is 32.0. The van der Waals surface area contributed by atoms with Crippen molar-refractivity contribution in [2.45, 2.75) is 19.3 Å². The van der Waals surface area contributed by atoms with Gasteiger partial charge in [0.25, 0.3) is 0 Å². The van der Waals surface area contributed by atoms with E-state index >= 15 is 0 Å². The monoisotopic (exact) mass is 832 g/mol. The van der Waals surface area contributed by atoms with Gasteiger partial charge < -0.3 is 8.98 Å². The average molecular weight is 833 g/mol. The van der Waals surface area contributed by atoms with Gasteiger partial charge in [0.2, 0.25) is 0 Å². The molecular weight excluding hydrogens is 793 g/mol. The fourth-order valence-electron chi connectivity index (χ4n) is 10.3. The molecule has 0 bridgehead atoms. The third kappa shape index (κ3) is 5.82. The number of para-hydroxylation sites is 3. The van der Waals surface area contributed by atoms with Gasteiger partial charge in [-0.3, -0.25) is 0 Å². The minimum absolute atomic E-state index is 0.129. The second kappa shape index (κ2) is 14.3. The minimum atomic E-state index is -0.129. The van der Waals surface area contributed by atoms with E-state index in [1.54, 1.807) is 0 Å². The summed E-state index contributed by atoms with van der Waals surface area (Å²) in [6, 6.07) is 73.0. The highest BCUT2D eigenvalue weighted by atomic mass is 16.3. The van der Waals surface area contributed by atoms with Crippen molar-refractivity contribution in [2.75, 3.05) is 0 Å². The highest BCUT2D eigenvalue weighted by molar-refractivity contribution is 6.12. The standard InChI is InChI=1S/C60H40N4O/c1-60(2)51-25-12-9-20-43(51)49-35-50-44-21-10-13-26-53(44)64(54(50)36-52(49)60)41-32-33-47(48(34-41)37-16-5-3-6-17-37)59-62-57(39-18-7-4-8-19-39)61-58(63-59)40-30-28-38(29-31-40)42-23-15-24-46-45-22-11-14-27-55(45)65-56(42)46/h3-36H,1-2H3. The molecule has 0 fully saturated rings. The van der Waals surface area contributed by atoms with E-state index in [1.165, 1.54) is 38.5 Å². The maximum atomic E-state index is 6.41. The van der Waals surface area contributed by atoms with E-state index in [-0.39, 0.29) is 5.41 Å². The van der Waals surface area contributed by atoms with Crippen LogP contribution in [-0.2, 0) is 5.41 Å². The molecule has 3 aromatic heterocycles. The number of rotatable bonds is 6. The van der Waals surface area contributed by atoms with E-state index in [0.29, 0.717) is 17.5 Å². The molecule has 306 valence electrons. The molecule has 1 aliphatic carbocycles. The largest absolute Gasteiger partial charge is 0.455 e. The Kier molecular flexibility index (Phi) is 8.18. The lowest BCUT2D eigenvalue weighted by Crippen LogP contribution is -2.15. The van der Waals surface area contributed by atoms with Crippen LogP contribution >= 0.6 is 0 Å². The molecule has 9 aromatic carbocycles. The fourth-order valence-corrected chi connectivity index (χ4v) is 10.3. The van der Waals surface area contributed by atoms with Crippen molar-refractivity contribution in [1.29, 1.82) is 0 Å². The Hall–Kier alpha value is -8.41. The zero-order valence-electron chi connectivity index (χ0n) is 35.8. The maximum Gasteiger partial charge on any atom is 0.164 e. The molecule has 0 N–H and O–H groups in total. The van der Waals surface area contributed by atoms with E-state index < -0.39 is 0 Å². The number of aromatic nitrogens is 4. The lowest BCUT2D eigenvalue weighted by Gasteiger charge is -2.22. The molecule has 12 aromatic rings. The maximum absolute atomic E-state index is 6.41. The van der Waals surface area contributed by atoms with Crippen LogP contribution in [0, 0.1) is 0 Å². The second-order valence-electron chi connectivity index (χ2n) is 17.6. The second-order valence-corrected chi connectivity index (χ2v) is 17.6. The van der Waals surface area contributed by atoms with Crippen LogP contribution in [0.1, 0.15) is 25.0 Å². The number of fused-ring (bicyclic) bond motifs is 9. The van der Waals surface area contributed by atoms with E-state index in [4.69, 9.17) is 19.4 Å². The van der Waals surface area contributed by atoms with Crippen LogP contribution < -0.4 is 0 Å². The summed E-state index contributed by atoms with van der Waals surface area (Å²) >= 11 is 0. The molecule has 0 saturated heterocycles. The molecule has 1 aliphatic rings. The number of furan rings is 1. The molecule has 5 nitrogen and oxygen atoms in total. The van der Waals surface area contributed by atoms with Crippen LogP contribution in [0.2, 0.25) is 0 Å². The van der Waals surface area contributed by atoms with Gasteiger partial charge in [0, 0.05) is 54.9 Å². The summed E-state index contributed by atoms with van der Waals surface area (Å²) in [7, 11) is 0. The predicted molar refractivity (Wildman–Crippen MR) is 266 cm³/mol. The Bertz CT molecular complexity index is 3840. The van der Waals surface area contributed by atoms with E-state index in [2.05, 4.69) is 194 Å². The summed E-state index contributed by atoms with van der Waals surface area (Å²) in [5, 5.41) is 4.69. The van der Waals surface area contributed by atoms with Crippen molar-refractivity contribution >= 4 is 43.7 Å². The summed E-state index contributed by atoms with van der Waals surface area (Å²) < 4.78 is 8.84. The first kappa shape index (κ1) is 37.2. The molecule has 65 heavy (non-hydrogen) atoms. The predicted octanol–water partition coefficient (Wildman–Crippen LogP) is 15.5. The molecule has 13 rings (SSSR count). The summed E-state index contributed by atoms with van der Waals surface area (Å²) in [6.07, 6.45) is 0. The van der Waals surface area contributed by atoms with Crippen molar-refractivity contribution in [2.24, 2.45) is 0 Å². The van der Waals surface area contributed by atoms with Crippen LogP contribution in [-0.4, -0.2) is 19.5 Å². The van der Waals surface area contributed by atoms with E-state index in [0.717, 1.165) is 72.1 Å².